The molecule has 1 aliphatic heterocycles. The van der Waals surface area contributed by atoms with Crippen LogP contribution in [-0.2, 0) is 6.42 Å². The van der Waals surface area contributed by atoms with Crippen LogP contribution >= 0.6 is 11.3 Å². The molecule has 1 saturated heterocycles. The van der Waals surface area contributed by atoms with Crippen LogP contribution in [0.1, 0.15) is 15.2 Å². The summed E-state index contributed by atoms with van der Waals surface area (Å²) >= 11 is 1.83. The Morgan fingerprint density at radius 2 is 2.09 bits per heavy atom. The van der Waals surface area contributed by atoms with Gasteiger partial charge in [-0.2, -0.15) is 0 Å². The molecule has 3 heterocycles. The number of aromatic nitrogens is 1. The van der Waals surface area contributed by atoms with Crippen LogP contribution in [0.25, 0.3) is 0 Å². The van der Waals surface area contributed by atoms with Gasteiger partial charge in [-0.15, -0.1) is 11.3 Å². The van der Waals surface area contributed by atoms with Gasteiger partial charge in [-0.3, -0.25) is 9.69 Å². The highest BCUT2D eigenvalue weighted by Gasteiger charge is 2.21. The van der Waals surface area contributed by atoms with E-state index in [0.29, 0.717) is 5.56 Å². The van der Waals surface area contributed by atoms with E-state index in [4.69, 9.17) is 0 Å². The molecule has 2 aromatic rings. The number of nitrogens with one attached hydrogen (secondary N) is 1. The van der Waals surface area contributed by atoms with E-state index in [1.165, 1.54) is 4.88 Å². The zero-order chi connectivity index (χ0) is 16.1. The van der Waals surface area contributed by atoms with Gasteiger partial charge in [0.1, 0.15) is 5.82 Å². The van der Waals surface area contributed by atoms with Crippen LogP contribution in [0.5, 0.6) is 0 Å². The number of hydrogen-bond donors (Lipinski definition) is 1. The standard InChI is InChI=1S/C17H22N4OS/c1-18-17(22)15-5-2-7-19-16(15)21-11-9-20(10-12-21)8-6-14-4-3-13-23-14/h2-5,7,13H,6,8-12H2,1H3,(H,18,22). The van der Waals surface area contributed by atoms with E-state index < -0.39 is 0 Å². The van der Waals surface area contributed by atoms with Gasteiger partial charge in [0.15, 0.2) is 0 Å². The topological polar surface area (TPSA) is 48.5 Å². The van der Waals surface area contributed by atoms with E-state index in [1.54, 1.807) is 13.2 Å². The summed E-state index contributed by atoms with van der Waals surface area (Å²) in [6, 6.07) is 7.96. The largest absolute Gasteiger partial charge is 0.355 e. The predicted octanol–water partition coefficient (Wildman–Crippen LogP) is 1.87. The third kappa shape index (κ3) is 3.89. The van der Waals surface area contributed by atoms with Crippen molar-refractivity contribution in [3.63, 3.8) is 0 Å². The summed E-state index contributed by atoms with van der Waals surface area (Å²) in [5.41, 5.74) is 0.655. The number of nitrogens with zero attached hydrogens (tertiary/aromatic N) is 3. The van der Waals surface area contributed by atoms with Gasteiger partial charge < -0.3 is 10.2 Å². The minimum atomic E-state index is -0.0757. The molecule has 6 heteroatoms. The average molecular weight is 330 g/mol. The maximum absolute atomic E-state index is 12.0. The Morgan fingerprint density at radius 1 is 1.26 bits per heavy atom. The van der Waals surface area contributed by atoms with Crippen LogP contribution in [0.4, 0.5) is 5.82 Å². The maximum Gasteiger partial charge on any atom is 0.254 e. The van der Waals surface area contributed by atoms with Gasteiger partial charge in [0.2, 0.25) is 0 Å². The monoisotopic (exact) mass is 330 g/mol. The lowest BCUT2D eigenvalue weighted by Crippen LogP contribution is -2.47. The second-order valence-corrected chi connectivity index (χ2v) is 6.64. The van der Waals surface area contributed by atoms with Crippen molar-refractivity contribution in [1.82, 2.24) is 15.2 Å². The van der Waals surface area contributed by atoms with Crippen molar-refractivity contribution in [2.45, 2.75) is 6.42 Å². The molecule has 1 amide bonds. The Balaban J connectivity index is 1.58. The molecule has 1 fully saturated rings. The third-order valence-corrected chi connectivity index (χ3v) is 5.12. The van der Waals surface area contributed by atoms with Crippen molar-refractivity contribution >= 4 is 23.1 Å². The van der Waals surface area contributed by atoms with Crippen LogP contribution in [0.2, 0.25) is 0 Å². The number of pyridine rings is 1. The Bertz CT molecular complexity index is 636. The van der Waals surface area contributed by atoms with Crippen LogP contribution in [0.15, 0.2) is 35.8 Å². The highest BCUT2D eigenvalue weighted by molar-refractivity contribution is 7.09. The van der Waals surface area contributed by atoms with Crippen molar-refractivity contribution in [3.8, 4) is 0 Å². The number of hydrogen-bond acceptors (Lipinski definition) is 5. The average Bonchev–Trinajstić information content (AvgIpc) is 3.13. The number of amides is 1. The Labute approximate surface area is 140 Å². The minimum absolute atomic E-state index is 0.0757. The molecule has 5 nitrogen and oxygen atoms in total. The normalized spacial score (nSPS) is 15.6. The minimum Gasteiger partial charge on any atom is -0.355 e. The fraction of sp³-hybridized carbons (Fsp3) is 0.412. The fourth-order valence-corrected chi connectivity index (χ4v) is 3.57. The molecule has 0 aromatic carbocycles. The number of carbonyl (C=O) groups is 1. The zero-order valence-corrected chi connectivity index (χ0v) is 14.2. The van der Waals surface area contributed by atoms with Gasteiger partial charge in [0, 0.05) is 50.8 Å². The lowest BCUT2D eigenvalue weighted by atomic mass is 10.2. The van der Waals surface area contributed by atoms with Crippen molar-refractivity contribution in [1.29, 1.82) is 0 Å². The number of carbonyl (C=O) groups excluding carboxylic acids is 1. The van der Waals surface area contributed by atoms with Crippen molar-refractivity contribution in [3.05, 3.63) is 46.3 Å². The molecule has 2 aromatic heterocycles. The Morgan fingerprint density at radius 3 is 2.78 bits per heavy atom. The first-order valence-electron chi connectivity index (χ1n) is 7.94. The zero-order valence-electron chi connectivity index (χ0n) is 13.4. The van der Waals surface area contributed by atoms with E-state index >= 15 is 0 Å². The van der Waals surface area contributed by atoms with Gasteiger partial charge in [0.25, 0.3) is 5.91 Å². The Hall–Kier alpha value is -1.92. The van der Waals surface area contributed by atoms with Crippen molar-refractivity contribution < 1.29 is 4.79 Å². The summed E-state index contributed by atoms with van der Waals surface area (Å²) < 4.78 is 0. The molecule has 0 radical (unpaired) electrons. The molecule has 0 bridgehead atoms. The van der Waals surface area contributed by atoms with Gasteiger partial charge in [-0.25, -0.2) is 4.98 Å². The van der Waals surface area contributed by atoms with E-state index in [0.717, 1.165) is 45.0 Å². The summed E-state index contributed by atoms with van der Waals surface area (Å²) in [6.07, 6.45) is 2.87. The van der Waals surface area contributed by atoms with Crippen LogP contribution < -0.4 is 10.2 Å². The lowest BCUT2D eigenvalue weighted by molar-refractivity contribution is 0.0963. The van der Waals surface area contributed by atoms with Gasteiger partial charge in [-0.1, -0.05) is 6.07 Å². The molecule has 122 valence electrons. The second kappa shape index (κ2) is 7.57. The smallest absolute Gasteiger partial charge is 0.254 e. The molecule has 0 unspecified atom stereocenters. The van der Waals surface area contributed by atoms with Crippen molar-refractivity contribution in [2.24, 2.45) is 0 Å². The summed E-state index contributed by atoms with van der Waals surface area (Å²) in [4.78, 5) is 22.6. The van der Waals surface area contributed by atoms with Crippen LogP contribution in [0, 0.1) is 0 Å². The van der Waals surface area contributed by atoms with Crippen LogP contribution in [0.3, 0.4) is 0 Å². The third-order valence-electron chi connectivity index (χ3n) is 4.18. The highest BCUT2D eigenvalue weighted by atomic mass is 32.1. The van der Waals surface area contributed by atoms with Gasteiger partial charge >= 0.3 is 0 Å². The molecule has 0 atom stereocenters. The van der Waals surface area contributed by atoms with E-state index in [1.807, 2.05) is 23.5 Å². The molecule has 1 aliphatic rings. The molecule has 0 saturated carbocycles. The first-order valence-corrected chi connectivity index (χ1v) is 8.82. The van der Waals surface area contributed by atoms with Gasteiger partial charge in [-0.05, 0) is 30.0 Å². The maximum atomic E-state index is 12.0. The first-order chi connectivity index (χ1) is 11.3. The molecule has 0 spiro atoms. The molecule has 23 heavy (non-hydrogen) atoms. The predicted molar refractivity (Wildman–Crippen MR) is 94.3 cm³/mol. The highest BCUT2D eigenvalue weighted by Crippen LogP contribution is 2.19. The molecule has 3 rings (SSSR count). The summed E-state index contributed by atoms with van der Waals surface area (Å²) in [5.74, 6) is 0.720. The molecule has 1 N–H and O–H groups in total. The quantitative estimate of drug-likeness (QED) is 0.909. The summed E-state index contributed by atoms with van der Waals surface area (Å²) in [7, 11) is 1.65. The lowest BCUT2D eigenvalue weighted by Gasteiger charge is -2.36. The fourth-order valence-electron chi connectivity index (χ4n) is 2.87. The Kier molecular flexibility index (Phi) is 5.25. The first kappa shape index (κ1) is 16.0. The second-order valence-electron chi connectivity index (χ2n) is 5.61. The molecular formula is C17H22N4OS. The number of anilines is 1. The van der Waals surface area contributed by atoms with E-state index in [9.17, 15) is 4.79 Å². The van der Waals surface area contributed by atoms with E-state index in [2.05, 4.69) is 37.6 Å². The van der Waals surface area contributed by atoms with Crippen molar-refractivity contribution in [2.75, 3.05) is 44.7 Å². The van der Waals surface area contributed by atoms with Crippen LogP contribution in [-0.4, -0.2) is 55.6 Å². The number of thiophene rings is 1. The SMILES string of the molecule is CNC(=O)c1cccnc1N1CCN(CCc2cccs2)CC1. The molecule has 0 aliphatic carbocycles. The van der Waals surface area contributed by atoms with Gasteiger partial charge in [0.05, 0.1) is 5.56 Å². The summed E-state index contributed by atoms with van der Waals surface area (Å²) in [6.45, 7) is 4.93. The summed E-state index contributed by atoms with van der Waals surface area (Å²) in [5, 5.41) is 4.82. The number of rotatable bonds is 5. The molecular weight excluding hydrogens is 308 g/mol. The van der Waals surface area contributed by atoms with E-state index in [-0.39, 0.29) is 5.91 Å². The number of piperazine rings is 1.